The second-order valence-electron chi connectivity index (χ2n) is 13.5. The zero-order chi connectivity index (χ0) is 33.5. The van der Waals surface area contributed by atoms with Crippen LogP contribution in [0.1, 0.15) is 0 Å². The summed E-state index contributed by atoms with van der Waals surface area (Å²) in [6, 6.07) is 62.2. The van der Waals surface area contributed by atoms with E-state index >= 15 is 0 Å². The molecular weight excluding hydrogens is 617 g/mol. The van der Waals surface area contributed by atoms with Crippen molar-refractivity contribution in [3.8, 4) is 33.5 Å². The van der Waals surface area contributed by atoms with Crippen LogP contribution in [0.3, 0.4) is 0 Å². The Bertz CT molecular complexity index is 3150. The third-order valence-electron chi connectivity index (χ3n) is 10.8. The van der Waals surface area contributed by atoms with Crippen LogP contribution in [0.2, 0.25) is 0 Å². The van der Waals surface area contributed by atoms with Gasteiger partial charge in [0.05, 0.1) is 5.69 Å². The molecule has 0 saturated carbocycles. The minimum absolute atomic E-state index is 0.951. The van der Waals surface area contributed by atoms with E-state index in [0.717, 1.165) is 16.9 Å². The van der Waals surface area contributed by atoms with Gasteiger partial charge in [-0.05, 0) is 105 Å². The molecule has 0 unspecified atom stereocenters. The Morgan fingerprint density at radius 1 is 0.353 bits per heavy atom. The van der Waals surface area contributed by atoms with Crippen LogP contribution in [0.15, 0.2) is 182 Å². The van der Waals surface area contributed by atoms with Gasteiger partial charge in [0.25, 0.3) is 0 Å². The lowest BCUT2D eigenvalue weighted by atomic mass is 9.86. The third kappa shape index (κ3) is 4.20. The van der Waals surface area contributed by atoms with E-state index in [4.69, 9.17) is 4.98 Å². The summed E-state index contributed by atoms with van der Waals surface area (Å²) in [5.74, 6) is 0. The lowest BCUT2D eigenvalue weighted by molar-refractivity contribution is 1.19. The van der Waals surface area contributed by atoms with Crippen molar-refractivity contribution in [3.63, 3.8) is 0 Å². The fourth-order valence-electron chi connectivity index (χ4n) is 8.51. The summed E-state index contributed by atoms with van der Waals surface area (Å²) in [5, 5.41) is 15.3. The van der Waals surface area contributed by atoms with Crippen molar-refractivity contribution in [3.05, 3.63) is 182 Å². The Balaban J connectivity index is 1.12. The van der Waals surface area contributed by atoms with Gasteiger partial charge in [0.1, 0.15) is 5.65 Å². The van der Waals surface area contributed by atoms with Crippen molar-refractivity contribution in [1.29, 1.82) is 0 Å². The SMILES string of the molecule is c1ccc2c(-c3cn4ccccc4n3)ccc(-c3ccc(-c4cc5cccc6c7ccccc7c7ccccc7c7cccc4c7c56)cc3)c2c1. The van der Waals surface area contributed by atoms with Crippen molar-refractivity contribution in [2.75, 3.05) is 0 Å². The van der Waals surface area contributed by atoms with Crippen LogP contribution in [-0.2, 0) is 0 Å². The topological polar surface area (TPSA) is 17.3 Å². The predicted molar refractivity (Wildman–Crippen MR) is 217 cm³/mol. The highest BCUT2D eigenvalue weighted by Gasteiger charge is 2.17. The minimum atomic E-state index is 0.951. The zero-order valence-corrected chi connectivity index (χ0v) is 27.7. The normalized spacial score (nSPS) is 11.9. The Hall–Kier alpha value is -6.77. The van der Waals surface area contributed by atoms with Crippen molar-refractivity contribution in [1.82, 2.24) is 9.38 Å². The molecule has 0 atom stereocenters. The van der Waals surface area contributed by atoms with Crippen molar-refractivity contribution < 1.29 is 0 Å². The highest BCUT2D eigenvalue weighted by atomic mass is 15.0. The Morgan fingerprint density at radius 3 is 1.55 bits per heavy atom. The van der Waals surface area contributed by atoms with E-state index in [9.17, 15) is 0 Å². The molecule has 2 heteroatoms. The molecule has 0 bridgehead atoms. The number of hydrogen-bond acceptors (Lipinski definition) is 1. The number of fused-ring (bicyclic) bond motifs is 7. The van der Waals surface area contributed by atoms with E-state index in [1.165, 1.54) is 86.9 Å². The van der Waals surface area contributed by atoms with Gasteiger partial charge in [-0.2, -0.15) is 0 Å². The lowest BCUT2D eigenvalue weighted by Gasteiger charge is -2.17. The summed E-state index contributed by atoms with van der Waals surface area (Å²) in [5.41, 5.74) is 7.96. The number of imidazole rings is 1. The van der Waals surface area contributed by atoms with Gasteiger partial charge in [-0.1, -0.05) is 152 Å². The summed E-state index contributed by atoms with van der Waals surface area (Å²) in [7, 11) is 0. The van der Waals surface area contributed by atoms with E-state index in [1.54, 1.807) is 0 Å². The summed E-state index contributed by atoms with van der Waals surface area (Å²) >= 11 is 0. The number of rotatable bonds is 3. The number of benzene rings is 8. The van der Waals surface area contributed by atoms with Crippen LogP contribution < -0.4 is 0 Å². The molecule has 0 saturated heterocycles. The molecule has 2 heterocycles. The molecule has 0 radical (unpaired) electrons. The molecule has 51 heavy (non-hydrogen) atoms. The molecule has 0 aliphatic rings. The van der Waals surface area contributed by atoms with Crippen LogP contribution in [0, 0.1) is 0 Å². The Kier molecular flexibility index (Phi) is 5.99. The maximum Gasteiger partial charge on any atom is 0.137 e. The number of hydrogen-bond donors (Lipinski definition) is 0. The van der Waals surface area contributed by atoms with Gasteiger partial charge >= 0.3 is 0 Å². The van der Waals surface area contributed by atoms with Gasteiger partial charge < -0.3 is 4.40 Å². The lowest BCUT2D eigenvalue weighted by Crippen LogP contribution is -1.89. The van der Waals surface area contributed by atoms with Gasteiger partial charge in [0, 0.05) is 18.0 Å². The van der Waals surface area contributed by atoms with E-state index in [1.807, 2.05) is 18.2 Å². The number of nitrogens with zero attached hydrogens (tertiary/aromatic N) is 2. The smallest absolute Gasteiger partial charge is 0.137 e. The van der Waals surface area contributed by atoms with Gasteiger partial charge in [0.15, 0.2) is 0 Å². The van der Waals surface area contributed by atoms with E-state index in [-0.39, 0.29) is 0 Å². The fourth-order valence-corrected chi connectivity index (χ4v) is 8.51. The molecule has 11 aromatic rings. The first-order valence-electron chi connectivity index (χ1n) is 17.5. The number of pyridine rings is 1. The van der Waals surface area contributed by atoms with Crippen LogP contribution >= 0.6 is 0 Å². The van der Waals surface area contributed by atoms with Crippen molar-refractivity contribution >= 4 is 70.3 Å². The highest BCUT2D eigenvalue weighted by Crippen LogP contribution is 2.44. The maximum absolute atomic E-state index is 4.94. The second kappa shape index (κ2) is 10.9. The summed E-state index contributed by atoms with van der Waals surface area (Å²) in [6.07, 6.45) is 4.17. The van der Waals surface area contributed by atoms with E-state index in [0.29, 0.717) is 0 Å². The summed E-state index contributed by atoms with van der Waals surface area (Å²) in [4.78, 5) is 4.94. The molecule has 0 spiro atoms. The molecule has 0 N–H and O–H groups in total. The van der Waals surface area contributed by atoms with Gasteiger partial charge in [-0.25, -0.2) is 4.98 Å². The van der Waals surface area contributed by atoms with E-state index < -0.39 is 0 Å². The van der Waals surface area contributed by atoms with Crippen LogP contribution in [0.4, 0.5) is 0 Å². The molecule has 2 nitrogen and oxygen atoms in total. The first-order chi connectivity index (χ1) is 25.3. The minimum Gasteiger partial charge on any atom is -0.306 e. The average Bonchev–Trinajstić information content (AvgIpc) is 3.63. The van der Waals surface area contributed by atoms with Gasteiger partial charge in [-0.15, -0.1) is 0 Å². The second-order valence-corrected chi connectivity index (χ2v) is 13.5. The number of aromatic nitrogens is 2. The highest BCUT2D eigenvalue weighted by molar-refractivity contribution is 6.34. The Labute approximate surface area is 294 Å². The molecule has 11 rings (SSSR count). The maximum atomic E-state index is 4.94. The van der Waals surface area contributed by atoms with Gasteiger partial charge in [-0.3, -0.25) is 0 Å². The zero-order valence-electron chi connectivity index (χ0n) is 27.7. The van der Waals surface area contributed by atoms with Crippen LogP contribution in [-0.4, -0.2) is 9.38 Å². The molecule has 0 amide bonds. The van der Waals surface area contributed by atoms with Crippen LogP contribution in [0.25, 0.3) is 104 Å². The summed E-state index contributed by atoms with van der Waals surface area (Å²) < 4.78 is 2.08. The fraction of sp³-hybridized carbons (Fsp3) is 0. The molecule has 9 aromatic carbocycles. The monoisotopic (exact) mass is 646 g/mol. The molecule has 2 aromatic heterocycles. The summed E-state index contributed by atoms with van der Waals surface area (Å²) in [6.45, 7) is 0. The quantitative estimate of drug-likeness (QED) is 0.175. The average molecular weight is 647 g/mol. The first kappa shape index (κ1) is 28.1. The molecule has 236 valence electrons. The predicted octanol–water partition coefficient (Wildman–Crippen LogP) is 13.3. The van der Waals surface area contributed by atoms with Gasteiger partial charge in [0.2, 0.25) is 0 Å². The van der Waals surface area contributed by atoms with Crippen molar-refractivity contribution in [2.45, 2.75) is 0 Å². The third-order valence-corrected chi connectivity index (χ3v) is 10.8. The van der Waals surface area contributed by atoms with Crippen molar-refractivity contribution in [2.24, 2.45) is 0 Å². The van der Waals surface area contributed by atoms with E-state index in [2.05, 4.69) is 168 Å². The molecule has 0 fully saturated rings. The first-order valence-corrected chi connectivity index (χ1v) is 17.5. The largest absolute Gasteiger partial charge is 0.306 e. The standard InChI is InChI=1S/C49H30N2/c1-4-15-38-35(12-1)34(26-27-41(38)46-30-51-28-8-7-21-47(51)50-46)31-22-24-32(25-23-31)45-29-33-11-9-18-42-39-16-5-2-13-36(39)37-14-3-6-17-40(37)43-19-10-20-44(45)49(43)48(33)42/h1-30H. The molecular formula is C49H30N2. The van der Waals surface area contributed by atoms with Crippen LogP contribution in [0.5, 0.6) is 0 Å². The molecule has 0 aliphatic carbocycles. The molecule has 0 aliphatic heterocycles. The Morgan fingerprint density at radius 2 is 0.863 bits per heavy atom.